The van der Waals surface area contributed by atoms with Crippen LogP contribution in [0.3, 0.4) is 0 Å². The van der Waals surface area contributed by atoms with Crippen molar-refractivity contribution >= 4 is 10.8 Å². The van der Waals surface area contributed by atoms with Gasteiger partial charge in [-0.15, -0.1) is 0 Å². The third-order valence-corrected chi connectivity index (χ3v) is 4.20. The molecule has 22 heavy (non-hydrogen) atoms. The molecule has 1 aliphatic rings. The lowest BCUT2D eigenvalue weighted by Crippen LogP contribution is -2.58. The van der Waals surface area contributed by atoms with Gasteiger partial charge in [0.25, 0.3) is 0 Å². The predicted molar refractivity (Wildman–Crippen MR) is 83.4 cm³/mol. The average Bonchev–Trinajstić information content (AvgIpc) is 2.56. The van der Waals surface area contributed by atoms with Gasteiger partial charge in [0.2, 0.25) is 0 Å². The number of aliphatic hydroxyl groups excluding tert-OH is 3. The van der Waals surface area contributed by atoms with E-state index < -0.39 is 18.3 Å². The molecular formula is C17H21NO4. The van der Waals surface area contributed by atoms with E-state index >= 15 is 0 Å². The summed E-state index contributed by atoms with van der Waals surface area (Å²) >= 11 is 0. The van der Waals surface area contributed by atoms with Crippen LogP contribution in [0.5, 0.6) is 0 Å². The summed E-state index contributed by atoms with van der Waals surface area (Å²) in [4.78, 5) is 0. The van der Waals surface area contributed by atoms with E-state index in [1.807, 2.05) is 18.2 Å². The maximum atomic E-state index is 10.1. The van der Waals surface area contributed by atoms with Gasteiger partial charge in [-0.05, 0) is 22.4 Å². The van der Waals surface area contributed by atoms with Crippen LogP contribution in [0.25, 0.3) is 10.8 Å². The number of rotatable bonds is 4. The molecule has 1 aliphatic heterocycles. The molecule has 0 unspecified atom stereocenters. The van der Waals surface area contributed by atoms with Crippen molar-refractivity contribution in [3.8, 4) is 0 Å². The van der Waals surface area contributed by atoms with Crippen LogP contribution in [-0.2, 0) is 11.3 Å². The number of fused-ring (bicyclic) bond motifs is 1. The summed E-state index contributed by atoms with van der Waals surface area (Å²) in [6.07, 6.45) is -2.74. The van der Waals surface area contributed by atoms with Crippen molar-refractivity contribution in [2.75, 3.05) is 13.2 Å². The first-order valence-electron chi connectivity index (χ1n) is 7.48. The van der Waals surface area contributed by atoms with Crippen LogP contribution in [0.1, 0.15) is 5.56 Å². The molecule has 4 atom stereocenters. The normalized spacial score (nSPS) is 28.9. The van der Waals surface area contributed by atoms with Gasteiger partial charge in [0.1, 0.15) is 18.3 Å². The monoisotopic (exact) mass is 303 g/mol. The second kappa shape index (κ2) is 6.73. The summed E-state index contributed by atoms with van der Waals surface area (Å²) in [5, 5.41) is 34.6. The third kappa shape index (κ3) is 3.14. The molecule has 2 aromatic carbocycles. The van der Waals surface area contributed by atoms with Gasteiger partial charge in [-0.25, -0.2) is 0 Å². The Hall–Kier alpha value is -1.50. The van der Waals surface area contributed by atoms with Crippen molar-refractivity contribution < 1.29 is 20.1 Å². The fraction of sp³-hybridized carbons (Fsp3) is 0.412. The minimum atomic E-state index is -1.08. The lowest BCUT2D eigenvalue weighted by molar-refractivity contribution is -0.161. The van der Waals surface area contributed by atoms with Crippen molar-refractivity contribution in [2.45, 2.75) is 30.9 Å². The summed E-state index contributed by atoms with van der Waals surface area (Å²) < 4.78 is 5.36. The number of hydrogen-bond acceptors (Lipinski definition) is 5. The summed E-state index contributed by atoms with van der Waals surface area (Å²) in [5.41, 5.74) is 1.10. The van der Waals surface area contributed by atoms with Crippen molar-refractivity contribution in [3.05, 3.63) is 48.0 Å². The first-order valence-corrected chi connectivity index (χ1v) is 7.48. The number of ether oxygens (including phenoxy) is 1. The summed E-state index contributed by atoms with van der Waals surface area (Å²) in [5.74, 6) is 0. The van der Waals surface area contributed by atoms with Gasteiger partial charge in [-0.2, -0.15) is 0 Å². The van der Waals surface area contributed by atoms with Crippen LogP contribution in [0.2, 0.25) is 0 Å². The van der Waals surface area contributed by atoms with Gasteiger partial charge in [-0.3, -0.25) is 0 Å². The van der Waals surface area contributed by atoms with Gasteiger partial charge >= 0.3 is 0 Å². The summed E-state index contributed by atoms with van der Waals surface area (Å²) in [6, 6.07) is 14.0. The Morgan fingerprint density at radius 2 is 1.82 bits per heavy atom. The zero-order valence-electron chi connectivity index (χ0n) is 12.2. The predicted octanol–water partition coefficient (Wildman–Crippen LogP) is 0.411. The molecule has 0 amide bonds. The van der Waals surface area contributed by atoms with E-state index in [9.17, 15) is 10.2 Å². The fourth-order valence-electron chi connectivity index (χ4n) is 2.82. The zero-order valence-corrected chi connectivity index (χ0v) is 12.2. The van der Waals surface area contributed by atoms with Crippen molar-refractivity contribution in [1.29, 1.82) is 0 Å². The molecule has 3 rings (SSSR count). The Labute approximate surface area is 129 Å². The Bertz CT molecular complexity index is 633. The SMILES string of the molecule is OC[C@@H]1OC[C@H](NCc2ccc3ccccc3c2)[C@H](O)[C@H]1O. The molecule has 118 valence electrons. The molecule has 0 saturated carbocycles. The Balaban J connectivity index is 1.64. The Morgan fingerprint density at radius 1 is 1.05 bits per heavy atom. The van der Waals surface area contributed by atoms with Gasteiger partial charge in [0.15, 0.2) is 0 Å². The molecule has 0 aliphatic carbocycles. The first-order chi connectivity index (χ1) is 10.7. The molecule has 1 saturated heterocycles. The van der Waals surface area contributed by atoms with Gasteiger partial charge in [0, 0.05) is 6.54 Å². The molecule has 0 bridgehead atoms. The molecule has 1 heterocycles. The highest BCUT2D eigenvalue weighted by Gasteiger charge is 2.37. The van der Waals surface area contributed by atoms with Crippen molar-refractivity contribution in [1.82, 2.24) is 5.32 Å². The molecule has 0 spiro atoms. The molecule has 2 aromatic rings. The van der Waals surface area contributed by atoms with E-state index in [0.29, 0.717) is 6.54 Å². The van der Waals surface area contributed by atoms with Crippen LogP contribution in [-0.4, -0.2) is 52.9 Å². The van der Waals surface area contributed by atoms with Gasteiger partial charge in [-0.1, -0.05) is 36.4 Å². The number of benzene rings is 2. The van der Waals surface area contributed by atoms with Gasteiger partial charge < -0.3 is 25.4 Å². The van der Waals surface area contributed by atoms with Crippen LogP contribution in [0.4, 0.5) is 0 Å². The lowest BCUT2D eigenvalue weighted by atomic mass is 9.98. The van der Waals surface area contributed by atoms with Crippen molar-refractivity contribution in [2.24, 2.45) is 0 Å². The maximum absolute atomic E-state index is 10.1. The van der Waals surface area contributed by atoms with E-state index in [2.05, 4.69) is 29.6 Å². The molecular weight excluding hydrogens is 282 g/mol. The largest absolute Gasteiger partial charge is 0.394 e. The number of aliphatic hydroxyl groups is 3. The summed E-state index contributed by atoms with van der Waals surface area (Å²) in [6.45, 7) is 0.541. The van der Waals surface area contributed by atoms with E-state index in [0.717, 1.165) is 5.56 Å². The molecule has 1 fully saturated rings. The average molecular weight is 303 g/mol. The third-order valence-electron chi connectivity index (χ3n) is 4.20. The standard InChI is InChI=1S/C17H21NO4/c19-9-15-17(21)16(20)14(10-22-15)18-8-11-5-6-12-3-1-2-4-13(12)7-11/h1-7,14-21H,8-10H2/t14-,15-,16-,17-/m0/s1. The smallest absolute Gasteiger partial charge is 0.110 e. The second-order valence-corrected chi connectivity index (χ2v) is 5.70. The molecule has 0 aromatic heterocycles. The Kier molecular flexibility index (Phi) is 4.71. The first kappa shape index (κ1) is 15.4. The van der Waals surface area contributed by atoms with E-state index in [-0.39, 0.29) is 19.3 Å². The number of nitrogens with one attached hydrogen (secondary N) is 1. The highest BCUT2D eigenvalue weighted by molar-refractivity contribution is 5.82. The van der Waals surface area contributed by atoms with E-state index in [4.69, 9.17) is 9.84 Å². The molecule has 4 N–H and O–H groups in total. The highest BCUT2D eigenvalue weighted by atomic mass is 16.5. The van der Waals surface area contributed by atoms with Crippen molar-refractivity contribution in [3.63, 3.8) is 0 Å². The lowest BCUT2D eigenvalue weighted by Gasteiger charge is -2.37. The van der Waals surface area contributed by atoms with Crippen LogP contribution in [0, 0.1) is 0 Å². The van der Waals surface area contributed by atoms with Crippen LogP contribution in [0.15, 0.2) is 42.5 Å². The minimum absolute atomic E-state index is 0.261. The second-order valence-electron chi connectivity index (χ2n) is 5.70. The van der Waals surface area contributed by atoms with Crippen LogP contribution < -0.4 is 5.32 Å². The maximum Gasteiger partial charge on any atom is 0.110 e. The highest BCUT2D eigenvalue weighted by Crippen LogP contribution is 2.18. The zero-order chi connectivity index (χ0) is 15.5. The van der Waals surface area contributed by atoms with E-state index in [1.165, 1.54) is 10.8 Å². The minimum Gasteiger partial charge on any atom is -0.394 e. The van der Waals surface area contributed by atoms with Crippen LogP contribution >= 0.6 is 0 Å². The molecule has 5 nitrogen and oxygen atoms in total. The fourth-order valence-corrected chi connectivity index (χ4v) is 2.82. The topological polar surface area (TPSA) is 82.0 Å². The van der Waals surface area contributed by atoms with Gasteiger partial charge in [0.05, 0.1) is 19.3 Å². The molecule has 5 heteroatoms. The number of hydrogen-bond donors (Lipinski definition) is 4. The molecule has 0 radical (unpaired) electrons. The Morgan fingerprint density at radius 3 is 2.59 bits per heavy atom. The quantitative estimate of drug-likeness (QED) is 0.658. The van der Waals surface area contributed by atoms with E-state index in [1.54, 1.807) is 0 Å². The summed E-state index contributed by atoms with van der Waals surface area (Å²) in [7, 11) is 0.